The molecule has 2 N–H and O–H groups in total. The molecule has 2 aliphatic rings. The number of amidine groups is 1. The topological polar surface area (TPSA) is 65.2 Å². The number of nitrogens with zero attached hydrogens (tertiary/aromatic N) is 2. The molecule has 5 heteroatoms. The maximum absolute atomic E-state index is 8.80. The fourth-order valence-electron chi connectivity index (χ4n) is 1.17. The Hall–Kier alpha value is -1.20. The van der Waals surface area contributed by atoms with Crippen molar-refractivity contribution in [1.82, 2.24) is 0 Å². The number of hydrogen-bond donors (Lipinski definition) is 2. The predicted octanol–water partition coefficient (Wildman–Crippen LogP) is -0.305. The molecular formula is C7H7BN2O2. The minimum atomic E-state index is -1.49. The third kappa shape index (κ3) is 1.13. The van der Waals surface area contributed by atoms with Crippen LogP contribution in [-0.4, -0.2) is 28.6 Å². The van der Waals surface area contributed by atoms with Crippen molar-refractivity contribution in [3.05, 3.63) is 23.9 Å². The summed E-state index contributed by atoms with van der Waals surface area (Å²) in [5, 5.41) is 17.6. The highest BCUT2D eigenvalue weighted by Gasteiger charge is 2.23. The Bertz CT molecular complexity index is 328. The van der Waals surface area contributed by atoms with E-state index in [-0.39, 0.29) is 5.61 Å². The van der Waals surface area contributed by atoms with Gasteiger partial charge in [-0.05, 0) is 12.5 Å². The SMILES string of the molecule is OB(O)C1=NC2=NC=CCC2=C1. The van der Waals surface area contributed by atoms with Gasteiger partial charge in [-0.3, -0.25) is 0 Å². The molecule has 0 fully saturated rings. The summed E-state index contributed by atoms with van der Waals surface area (Å²) in [5.41, 5.74) is 1.22. The Labute approximate surface area is 69.8 Å². The normalized spacial score (nSPS) is 19.7. The van der Waals surface area contributed by atoms with E-state index in [1.54, 1.807) is 12.3 Å². The van der Waals surface area contributed by atoms with Gasteiger partial charge >= 0.3 is 7.12 Å². The first-order valence-electron chi connectivity index (χ1n) is 3.66. The third-order valence-corrected chi connectivity index (χ3v) is 1.75. The molecule has 0 radical (unpaired) electrons. The van der Waals surface area contributed by atoms with Crippen LogP contribution < -0.4 is 0 Å². The van der Waals surface area contributed by atoms with Crippen LogP contribution in [0.5, 0.6) is 0 Å². The van der Waals surface area contributed by atoms with E-state index < -0.39 is 7.12 Å². The predicted molar refractivity (Wildman–Crippen MR) is 46.9 cm³/mol. The van der Waals surface area contributed by atoms with Crippen LogP contribution in [0.1, 0.15) is 6.42 Å². The smallest absolute Gasteiger partial charge is 0.422 e. The summed E-state index contributed by atoms with van der Waals surface area (Å²) < 4.78 is 0. The molecular weight excluding hydrogens is 155 g/mol. The van der Waals surface area contributed by atoms with Gasteiger partial charge in [0.25, 0.3) is 0 Å². The molecule has 0 atom stereocenters. The molecule has 0 aromatic heterocycles. The van der Waals surface area contributed by atoms with Crippen molar-refractivity contribution < 1.29 is 10.0 Å². The zero-order valence-electron chi connectivity index (χ0n) is 6.31. The molecule has 0 aromatic carbocycles. The monoisotopic (exact) mass is 162 g/mol. The highest BCUT2D eigenvalue weighted by atomic mass is 16.4. The van der Waals surface area contributed by atoms with Gasteiger partial charge in [-0.1, -0.05) is 6.08 Å². The van der Waals surface area contributed by atoms with Gasteiger partial charge in [-0.15, -0.1) is 0 Å². The van der Waals surface area contributed by atoms with E-state index in [2.05, 4.69) is 9.98 Å². The lowest BCUT2D eigenvalue weighted by Gasteiger charge is -2.00. The Morgan fingerprint density at radius 1 is 1.42 bits per heavy atom. The van der Waals surface area contributed by atoms with Crippen LogP contribution in [0.3, 0.4) is 0 Å². The maximum Gasteiger partial charge on any atom is 0.508 e. The molecule has 0 saturated carbocycles. The number of aliphatic imine (C=N–C) groups is 2. The van der Waals surface area contributed by atoms with Crippen molar-refractivity contribution in [3.63, 3.8) is 0 Å². The van der Waals surface area contributed by atoms with E-state index in [4.69, 9.17) is 10.0 Å². The summed E-state index contributed by atoms with van der Waals surface area (Å²) in [7, 11) is -1.49. The van der Waals surface area contributed by atoms with E-state index in [1.165, 1.54) is 0 Å². The molecule has 0 bridgehead atoms. The minimum absolute atomic E-state index is 0.271. The van der Waals surface area contributed by atoms with Crippen molar-refractivity contribution >= 4 is 18.6 Å². The second kappa shape index (κ2) is 2.69. The molecule has 0 amide bonds. The molecule has 2 heterocycles. The standard InChI is InChI=1S/C7H7BN2O2/c11-8(12)6-4-5-2-1-3-9-7(5)10-6/h1,3-4,11-12H,2H2. The van der Waals surface area contributed by atoms with Gasteiger partial charge in [0.05, 0.1) is 5.61 Å². The summed E-state index contributed by atoms with van der Waals surface area (Å²) in [5.74, 6) is 0.598. The molecule has 4 nitrogen and oxygen atoms in total. The number of fused-ring (bicyclic) bond motifs is 1. The Morgan fingerprint density at radius 3 is 2.92 bits per heavy atom. The van der Waals surface area contributed by atoms with Gasteiger partial charge in [-0.25, -0.2) is 9.98 Å². The lowest BCUT2D eigenvalue weighted by atomic mass is 9.83. The summed E-state index contributed by atoms with van der Waals surface area (Å²) in [6.45, 7) is 0. The lowest BCUT2D eigenvalue weighted by molar-refractivity contribution is 0.430. The van der Waals surface area contributed by atoms with E-state index in [9.17, 15) is 0 Å². The fourth-order valence-corrected chi connectivity index (χ4v) is 1.17. The summed E-state index contributed by atoms with van der Waals surface area (Å²) >= 11 is 0. The molecule has 60 valence electrons. The molecule has 0 aliphatic carbocycles. The first-order chi connectivity index (χ1) is 5.77. The van der Waals surface area contributed by atoms with Crippen molar-refractivity contribution in [3.8, 4) is 0 Å². The van der Waals surface area contributed by atoms with Gasteiger partial charge < -0.3 is 10.0 Å². The lowest BCUT2D eigenvalue weighted by Crippen LogP contribution is -2.22. The average molecular weight is 162 g/mol. The van der Waals surface area contributed by atoms with Gasteiger partial charge in [-0.2, -0.15) is 0 Å². The van der Waals surface area contributed by atoms with Gasteiger partial charge in [0, 0.05) is 11.8 Å². The highest BCUT2D eigenvalue weighted by Crippen LogP contribution is 2.17. The van der Waals surface area contributed by atoms with Gasteiger partial charge in [0.15, 0.2) is 5.84 Å². The molecule has 12 heavy (non-hydrogen) atoms. The van der Waals surface area contributed by atoms with Crippen molar-refractivity contribution in [2.24, 2.45) is 9.98 Å². The van der Waals surface area contributed by atoms with Crippen LogP contribution in [0.4, 0.5) is 0 Å². The highest BCUT2D eigenvalue weighted by molar-refractivity contribution is 6.83. The van der Waals surface area contributed by atoms with Crippen LogP contribution in [0.25, 0.3) is 0 Å². The van der Waals surface area contributed by atoms with Crippen molar-refractivity contribution in [1.29, 1.82) is 0 Å². The van der Waals surface area contributed by atoms with Crippen LogP contribution in [0.15, 0.2) is 33.9 Å². The maximum atomic E-state index is 8.80. The molecule has 2 rings (SSSR count). The summed E-state index contributed by atoms with van der Waals surface area (Å²) in [4.78, 5) is 7.91. The first-order valence-corrected chi connectivity index (χ1v) is 3.66. The molecule has 0 spiro atoms. The van der Waals surface area contributed by atoms with Crippen LogP contribution in [-0.2, 0) is 0 Å². The van der Waals surface area contributed by atoms with Crippen molar-refractivity contribution in [2.75, 3.05) is 0 Å². The average Bonchev–Trinajstić information content (AvgIpc) is 2.46. The van der Waals surface area contributed by atoms with E-state index in [0.29, 0.717) is 5.84 Å². The zero-order valence-corrected chi connectivity index (χ0v) is 6.31. The number of rotatable bonds is 1. The van der Waals surface area contributed by atoms with Gasteiger partial charge in [0.2, 0.25) is 0 Å². The Balaban J connectivity index is 2.32. The van der Waals surface area contributed by atoms with Crippen LogP contribution >= 0.6 is 0 Å². The Morgan fingerprint density at radius 2 is 2.25 bits per heavy atom. The summed E-state index contributed by atoms with van der Waals surface area (Å²) in [6.07, 6.45) is 5.99. The zero-order chi connectivity index (χ0) is 8.55. The second-order valence-electron chi connectivity index (χ2n) is 2.62. The quantitative estimate of drug-likeness (QED) is 0.519. The van der Waals surface area contributed by atoms with Crippen LogP contribution in [0.2, 0.25) is 0 Å². The van der Waals surface area contributed by atoms with E-state index in [1.807, 2.05) is 6.08 Å². The third-order valence-electron chi connectivity index (χ3n) is 1.75. The van der Waals surface area contributed by atoms with E-state index in [0.717, 1.165) is 12.0 Å². The van der Waals surface area contributed by atoms with Crippen LogP contribution in [0, 0.1) is 0 Å². The van der Waals surface area contributed by atoms with E-state index >= 15 is 0 Å². The molecule has 0 saturated heterocycles. The summed E-state index contributed by atoms with van der Waals surface area (Å²) in [6, 6.07) is 0. The molecule has 0 aromatic rings. The minimum Gasteiger partial charge on any atom is -0.422 e. The van der Waals surface area contributed by atoms with Crippen molar-refractivity contribution in [2.45, 2.75) is 6.42 Å². The first kappa shape index (κ1) is 7.45. The molecule has 2 aliphatic heterocycles. The number of allylic oxidation sites excluding steroid dienone is 2. The fraction of sp³-hybridized carbons (Fsp3) is 0.143. The Kier molecular flexibility index (Phi) is 1.67. The second-order valence-corrected chi connectivity index (χ2v) is 2.62. The molecule has 0 unspecified atom stereocenters. The van der Waals surface area contributed by atoms with Gasteiger partial charge in [0.1, 0.15) is 0 Å². The number of hydrogen-bond acceptors (Lipinski definition) is 4. The largest absolute Gasteiger partial charge is 0.508 e.